The third-order valence-corrected chi connectivity index (χ3v) is 6.07. The van der Waals surface area contributed by atoms with Crippen molar-refractivity contribution >= 4 is 5.96 Å². The van der Waals surface area contributed by atoms with E-state index in [2.05, 4.69) is 83.9 Å². The van der Waals surface area contributed by atoms with Gasteiger partial charge in [0.25, 0.3) is 0 Å². The Balaban J connectivity index is 1.55. The van der Waals surface area contributed by atoms with Gasteiger partial charge in [0.1, 0.15) is 5.75 Å². The highest BCUT2D eigenvalue weighted by Crippen LogP contribution is 2.22. The minimum atomic E-state index is 0.212. The zero-order valence-corrected chi connectivity index (χ0v) is 20.1. The fraction of sp³-hybridized carbons (Fsp3) is 0.500. The van der Waals surface area contributed by atoms with E-state index in [-0.39, 0.29) is 6.04 Å². The van der Waals surface area contributed by atoms with Gasteiger partial charge < -0.3 is 20.3 Å². The maximum Gasteiger partial charge on any atom is 0.191 e. The summed E-state index contributed by atoms with van der Waals surface area (Å²) in [7, 11) is 5.91. The van der Waals surface area contributed by atoms with Gasteiger partial charge in [-0.1, -0.05) is 42.5 Å². The molecule has 1 aliphatic heterocycles. The number of guanidine groups is 1. The van der Waals surface area contributed by atoms with Crippen molar-refractivity contribution in [3.63, 3.8) is 0 Å². The molecule has 2 N–H and O–H groups in total. The molecule has 1 aliphatic rings. The van der Waals surface area contributed by atoms with E-state index in [9.17, 15) is 0 Å². The first-order chi connectivity index (χ1) is 15.6. The van der Waals surface area contributed by atoms with Crippen LogP contribution in [0.3, 0.4) is 0 Å². The van der Waals surface area contributed by atoms with E-state index in [0.717, 1.165) is 50.7 Å². The van der Waals surface area contributed by atoms with Gasteiger partial charge in [-0.2, -0.15) is 0 Å². The quantitative estimate of drug-likeness (QED) is 0.464. The molecule has 32 heavy (non-hydrogen) atoms. The average Bonchev–Trinajstić information content (AvgIpc) is 2.81. The van der Waals surface area contributed by atoms with Crippen LogP contribution in [0.4, 0.5) is 0 Å². The Labute approximate surface area is 193 Å². The molecule has 3 rings (SSSR count). The molecule has 6 heteroatoms. The predicted molar refractivity (Wildman–Crippen MR) is 133 cm³/mol. The van der Waals surface area contributed by atoms with Gasteiger partial charge in [0.15, 0.2) is 5.96 Å². The molecule has 0 saturated carbocycles. The van der Waals surface area contributed by atoms with Crippen molar-refractivity contribution in [1.29, 1.82) is 0 Å². The summed E-state index contributed by atoms with van der Waals surface area (Å²) < 4.78 is 5.30. The van der Waals surface area contributed by atoms with Gasteiger partial charge in [-0.25, -0.2) is 0 Å². The zero-order chi connectivity index (χ0) is 22.8. The summed E-state index contributed by atoms with van der Waals surface area (Å²) >= 11 is 0. The number of nitrogens with zero attached hydrogens (tertiary/aromatic N) is 3. The van der Waals surface area contributed by atoms with Gasteiger partial charge in [-0.15, -0.1) is 0 Å². The average molecular weight is 438 g/mol. The van der Waals surface area contributed by atoms with Crippen molar-refractivity contribution in [2.45, 2.75) is 38.4 Å². The Bertz CT molecular complexity index is 814. The third-order valence-electron chi connectivity index (χ3n) is 6.07. The lowest BCUT2D eigenvalue weighted by Crippen LogP contribution is -2.48. The normalized spacial score (nSPS) is 16.7. The van der Waals surface area contributed by atoms with Crippen LogP contribution in [0.15, 0.2) is 59.6 Å². The van der Waals surface area contributed by atoms with Gasteiger partial charge in [-0.3, -0.25) is 9.89 Å². The topological polar surface area (TPSA) is 52.1 Å². The number of piperidine rings is 1. The van der Waals surface area contributed by atoms with Gasteiger partial charge in [0.05, 0.1) is 19.7 Å². The van der Waals surface area contributed by atoms with E-state index >= 15 is 0 Å². The van der Waals surface area contributed by atoms with Crippen LogP contribution in [0, 0.1) is 0 Å². The molecule has 2 aromatic rings. The molecule has 1 saturated heterocycles. The van der Waals surface area contributed by atoms with E-state index in [1.165, 1.54) is 11.1 Å². The predicted octanol–water partition coefficient (Wildman–Crippen LogP) is 3.52. The van der Waals surface area contributed by atoms with Gasteiger partial charge in [0.2, 0.25) is 0 Å². The molecule has 0 aliphatic carbocycles. The Morgan fingerprint density at radius 2 is 1.78 bits per heavy atom. The lowest BCUT2D eigenvalue weighted by Gasteiger charge is -2.33. The minimum Gasteiger partial charge on any atom is -0.497 e. The summed E-state index contributed by atoms with van der Waals surface area (Å²) in [6.45, 7) is 6.92. The third kappa shape index (κ3) is 7.24. The molecule has 0 amide bonds. The van der Waals surface area contributed by atoms with Crippen LogP contribution in [0.5, 0.6) is 5.75 Å². The lowest BCUT2D eigenvalue weighted by atomic mass is 10.0. The van der Waals surface area contributed by atoms with Crippen molar-refractivity contribution < 1.29 is 4.74 Å². The second kappa shape index (κ2) is 12.5. The number of likely N-dealkylation sites (tertiary alicyclic amines) is 1. The number of aliphatic imine (C=N–C) groups is 1. The van der Waals surface area contributed by atoms with Gasteiger partial charge in [-0.05, 0) is 57.1 Å². The highest BCUT2D eigenvalue weighted by Gasteiger charge is 2.20. The number of methoxy groups -OCH3 is 1. The fourth-order valence-corrected chi connectivity index (χ4v) is 4.16. The van der Waals surface area contributed by atoms with Gasteiger partial charge in [0, 0.05) is 32.2 Å². The van der Waals surface area contributed by atoms with Crippen LogP contribution in [-0.2, 0) is 6.54 Å². The number of nitrogens with one attached hydrogen (secondary N) is 2. The van der Waals surface area contributed by atoms with Crippen LogP contribution in [-0.4, -0.2) is 69.2 Å². The first kappa shape index (κ1) is 24.1. The van der Waals surface area contributed by atoms with Crippen LogP contribution >= 0.6 is 0 Å². The van der Waals surface area contributed by atoms with Crippen LogP contribution in [0.2, 0.25) is 0 Å². The minimum absolute atomic E-state index is 0.212. The SMILES string of the molecule is CCNC(=NCC(c1ccc(OC)cc1)N(C)C)NC1CCN(Cc2ccccc2)CC1. The van der Waals surface area contributed by atoms with Crippen molar-refractivity contribution in [1.82, 2.24) is 20.4 Å². The monoisotopic (exact) mass is 437 g/mol. The van der Waals surface area contributed by atoms with E-state index in [1.54, 1.807) is 7.11 Å². The Kier molecular flexibility index (Phi) is 9.38. The summed E-state index contributed by atoms with van der Waals surface area (Å²) in [5.41, 5.74) is 2.63. The van der Waals surface area contributed by atoms with Crippen molar-refractivity contribution in [2.75, 3.05) is 47.4 Å². The second-order valence-electron chi connectivity index (χ2n) is 8.65. The molecule has 2 aromatic carbocycles. The maximum absolute atomic E-state index is 5.30. The summed E-state index contributed by atoms with van der Waals surface area (Å²) in [5.74, 6) is 1.79. The fourth-order valence-electron chi connectivity index (χ4n) is 4.16. The van der Waals surface area contributed by atoms with E-state index < -0.39 is 0 Å². The molecule has 0 aromatic heterocycles. The van der Waals surface area contributed by atoms with Crippen molar-refractivity contribution in [2.24, 2.45) is 4.99 Å². The Morgan fingerprint density at radius 3 is 2.38 bits per heavy atom. The highest BCUT2D eigenvalue weighted by atomic mass is 16.5. The molecular formula is C26H39N5O. The zero-order valence-electron chi connectivity index (χ0n) is 20.1. The highest BCUT2D eigenvalue weighted by molar-refractivity contribution is 5.80. The number of likely N-dealkylation sites (N-methyl/N-ethyl adjacent to an activating group) is 1. The summed E-state index contributed by atoms with van der Waals surface area (Å²) in [6, 6.07) is 19.7. The molecule has 0 radical (unpaired) electrons. The summed E-state index contributed by atoms with van der Waals surface area (Å²) in [6.07, 6.45) is 2.26. The van der Waals surface area contributed by atoms with Crippen molar-refractivity contribution in [3.05, 3.63) is 65.7 Å². The number of ether oxygens (including phenoxy) is 1. The van der Waals surface area contributed by atoms with Crippen LogP contribution < -0.4 is 15.4 Å². The summed E-state index contributed by atoms with van der Waals surface area (Å²) in [4.78, 5) is 9.71. The number of hydrogen-bond donors (Lipinski definition) is 2. The molecule has 0 spiro atoms. The Hall–Kier alpha value is -2.57. The molecule has 1 fully saturated rings. The number of hydrogen-bond acceptors (Lipinski definition) is 4. The molecule has 174 valence electrons. The Morgan fingerprint density at radius 1 is 1.09 bits per heavy atom. The molecule has 0 bridgehead atoms. The smallest absolute Gasteiger partial charge is 0.191 e. The van der Waals surface area contributed by atoms with Gasteiger partial charge >= 0.3 is 0 Å². The molecule has 1 heterocycles. The number of rotatable bonds is 9. The standard InChI is InChI=1S/C26H39N5O/c1-5-27-26(28-19-25(30(2)3)22-11-13-24(32-4)14-12-22)29-23-15-17-31(18-16-23)20-21-9-7-6-8-10-21/h6-14,23,25H,5,15-20H2,1-4H3,(H2,27,28,29). The van der Waals surface area contributed by atoms with Crippen molar-refractivity contribution in [3.8, 4) is 5.75 Å². The second-order valence-corrected chi connectivity index (χ2v) is 8.65. The molecular weight excluding hydrogens is 398 g/mol. The van der Waals surface area contributed by atoms with Crippen LogP contribution in [0.25, 0.3) is 0 Å². The summed E-state index contributed by atoms with van der Waals surface area (Å²) in [5, 5.41) is 7.11. The molecule has 1 unspecified atom stereocenters. The largest absolute Gasteiger partial charge is 0.497 e. The maximum atomic E-state index is 5.30. The number of benzene rings is 2. The van der Waals surface area contributed by atoms with E-state index in [0.29, 0.717) is 12.6 Å². The van der Waals surface area contributed by atoms with E-state index in [4.69, 9.17) is 9.73 Å². The van der Waals surface area contributed by atoms with E-state index in [1.807, 2.05) is 12.1 Å². The van der Waals surface area contributed by atoms with Crippen LogP contribution in [0.1, 0.15) is 36.9 Å². The first-order valence-corrected chi connectivity index (χ1v) is 11.7. The first-order valence-electron chi connectivity index (χ1n) is 11.7. The molecule has 1 atom stereocenters. The lowest BCUT2D eigenvalue weighted by molar-refractivity contribution is 0.198. The molecule has 6 nitrogen and oxygen atoms in total.